The number of hydrogen-bond acceptors (Lipinski definition) is 3. The number of halogens is 4. The lowest BCUT2D eigenvalue weighted by molar-refractivity contribution is -0.384. The number of nitro benzene ring substituents is 1. The van der Waals surface area contributed by atoms with Gasteiger partial charge in [-0.15, -0.1) is 0 Å². The van der Waals surface area contributed by atoms with Crippen LogP contribution in [0.5, 0.6) is 0 Å². The highest BCUT2D eigenvalue weighted by Gasteiger charge is 2.40. The molecule has 0 atom stereocenters. The van der Waals surface area contributed by atoms with Crippen LogP contribution in [0.2, 0.25) is 0 Å². The normalized spacial score (nSPS) is 11.7. The Labute approximate surface area is 99.8 Å². The summed E-state index contributed by atoms with van der Waals surface area (Å²) in [7, 11) is 0. The van der Waals surface area contributed by atoms with Gasteiger partial charge in [0, 0.05) is 6.07 Å². The van der Waals surface area contributed by atoms with Crippen LogP contribution in [0.4, 0.5) is 28.9 Å². The summed E-state index contributed by atoms with van der Waals surface area (Å²) in [5, 5.41) is 12.7. The van der Waals surface area contributed by atoms with Gasteiger partial charge in [0.2, 0.25) is 0 Å². The summed E-state index contributed by atoms with van der Waals surface area (Å²) in [6.45, 7) is 0.0895. The van der Waals surface area contributed by atoms with Crippen LogP contribution in [0.15, 0.2) is 18.2 Å². The molecule has 1 aromatic carbocycles. The molecule has 0 spiro atoms. The Morgan fingerprint density at radius 3 is 2.56 bits per heavy atom. The van der Waals surface area contributed by atoms with E-state index in [-0.39, 0.29) is 5.69 Å². The minimum atomic E-state index is -4.24. The standard InChI is InChI=1S/C10H10F4N2O2/c1-6-3-2-4-7(16(17)18)8(6)15-5-10(13,14)9(11)12/h2-4,9,15H,5H2,1H3. The van der Waals surface area contributed by atoms with Gasteiger partial charge in [-0.2, -0.15) is 8.78 Å². The summed E-state index contributed by atoms with van der Waals surface area (Å²) >= 11 is 0. The fourth-order valence-electron chi connectivity index (χ4n) is 1.32. The third-order valence-electron chi connectivity index (χ3n) is 2.27. The van der Waals surface area contributed by atoms with Crippen molar-refractivity contribution in [3.63, 3.8) is 0 Å². The highest BCUT2D eigenvalue weighted by Crippen LogP contribution is 2.30. The molecule has 0 aliphatic heterocycles. The third-order valence-corrected chi connectivity index (χ3v) is 2.27. The molecule has 1 aromatic rings. The van der Waals surface area contributed by atoms with Crippen molar-refractivity contribution in [3.8, 4) is 0 Å². The first-order valence-corrected chi connectivity index (χ1v) is 4.89. The maximum Gasteiger partial charge on any atom is 0.324 e. The van der Waals surface area contributed by atoms with E-state index in [0.717, 1.165) is 6.07 Å². The lowest BCUT2D eigenvalue weighted by Gasteiger charge is -2.17. The first-order chi connectivity index (χ1) is 8.25. The Morgan fingerprint density at radius 2 is 2.06 bits per heavy atom. The van der Waals surface area contributed by atoms with E-state index in [9.17, 15) is 27.7 Å². The highest BCUT2D eigenvalue weighted by molar-refractivity contribution is 5.66. The topological polar surface area (TPSA) is 55.2 Å². The van der Waals surface area contributed by atoms with Gasteiger partial charge in [0.15, 0.2) is 0 Å². The molecule has 8 heteroatoms. The summed E-state index contributed by atoms with van der Waals surface area (Å²) in [6.07, 6.45) is -3.83. The minimum absolute atomic E-state index is 0.178. The lowest BCUT2D eigenvalue weighted by Crippen LogP contribution is -2.35. The van der Waals surface area contributed by atoms with Crippen molar-refractivity contribution in [1.29, 1.82) is 0 Å². The van der Waals surface area contributed by atoms with Gasteiger partial charge in [-0.25, -0.2) is 8.78 Å². The number of nitrogens with one attached hydrogen (secondary N) is 1. The van der Waals surface area contributed by atoms with Crippen LogP contribution in [0, 0.1) is 17.0 Å². The number of alkyl halides is 4. The second kappa shape index (κ2) is 5.19. The molecule has 0 aliphatic carbocycles. The molecule has 0 radical (unpaired) electrons. The molecule has 0 aliphatic rings. The first-order valence-electron chi connectivity index (χ1n) is 4.89. The Morgan fingerprint density at radius 1 is 1.44 bits per heavy atom. The molecule has 0 saturated carbocycles. The Balaban J connectivity index is 2.95. The van der Waals surface area contributed by atoms with Crippen molar-refractivity contribution >= 4 is 11.4 Å². The molecule has 0 fully saturated rings. The minimum Gasteiger partial charge on any atom is -0.373 e. The van der Waals surface area contributed by atoms with Gasteiger partial charge in [0.1, 0.15) is 5.69 Å². The highest BCUT2D eigenvalue weighted by atomic mass is 19.3. The monoisotopic (exact) mass is 266 g/mol. The first kappa shape index (κ1) is 14.2. The van der Waals surface area contributed by atoms with Crippen LogP contribution in [-0.4, -0.2) is 23.8 Å². The predicted octanol–water partition coefficient (Wildman–Crippen LogP) is 3.22. The van der Waals surface area contributed by atoms with Crippen molar-refractivity contribution in [2.24, 2.45) is 0 Å². The van der Waals surface area contributed by atoms with Gasteiger partial charge in [0.05, 0.1) is 11.5 Å². The van der Waals surface area contributed by atoms with E-state index in [0.29, 0.717) is 5.56 Å². The Hall–Kier alpha value is -1.86. The molecule has 0 heterocycles. The van der Waals surface area contributed by atoms with Gasteiger partial charge in [0.25, 0.3) is 5.69 Å². The number of nitro groups is 1. The van der Waals surface area contributed by atoms with Crippen molar-refractivity contribution in [3.05, 3.63) is 33.9 Å². The molecule has 0 amide bonds. The van der Waals surface area contributed by atoms with Crippen molar-refractivity contribution in [1.82, 2.24) is 0 Å². The van der Waals surface area contributed by atoms with Crippen LogP contribution in [0.1, 0.15) is 5.56 Å². The van der Waals surface area contributed by atoms with Gasteiger partial charge in [-0.3, -0.25) is 10.1 Å². The fourth-order valence-corrected chi connectivity index (χ4v) is 1.32. The lowest BCUT2D eigenvalue weighted by atomic mass is 10.1. The molecule has 100 valence electrons. The Bertz CT molecular complexity index is 452. The molecule has 1 rings (SSSR count). The summed E-state index contributed by atoms with van der Waals surface area (Å²) in [4.78, 5) is 9.89. The number of nitrogens with zero attached hydrogens (tertiary/aromatic N) is 1. The third kappa shape index (κ3) is 3.08. The zero-order valence-electron chi connectivity index (χ0n) is 9.29. The molecular formula is C10H10F4N2O2. The molecule has 18 heavy (non-hydrogen) atoms. The number of benzene rings is 1. The van der Waals surface area contributed by atoms with E-state index in [1.165, 1.54) is 19.1 Å². The van der Waals surface area contributed by atoms with E-state index in [1.54, 1.807) is 0 Å². The van der Waals surface area contributed by atoms with E-state index >= 15 is 0 Å². The largest absolute Gasteiger partial charge is 0.373 e. The van der Waals surface area contributed by atoms with Crippen molar-refractivity contribution in [2.75, 3.05) is 11.9 Å². The van der Waals surface area contributed by atoms with Crippen LogP contribution in [-0.2, 0) is 0 Å². The summed E-state index contributed by atoms with van der Waals surface area (Å²) in [6, 6.07) is 3.94. The summed E-state index contributed by atoms with van der Waals surface area (Å²) < 4.78 is 49.3. The smallest absolute Gasteiger partial charge is 0.324 e. The molecular weight excluding hydrogens is 256 g/mol. The Kier molecular flexibility index (Phi) is 4.10. The number of hydrogen-bond donors (Lipinski definition) is 1. The second-order valence-corrected chi connectivity index (χ2v) is 3.64. The molecule has 0 saturated heterocycles. The summed E-state index contributed by atoms with van der Waals surface area (Å²) in [5.74, 6) is -4.24. The number of aryl methyl sites for hydroxylation is 1. The van der Waals surface area contributed by atoms with Crippen LogP contribution >= 0.6 is 0 Å². The van der Waals surface area contributed by atoms with Gasteiger partial charge >= 0.3 is 12.3 Å². The van der Waals surface area contributed by atoms with E-state index in [4.69, 9.17) is 0 Å². The van der Waals surface area contributed by atoms with Crippen LogP contribution in [0.25, 0.3) is 0 Å². The molecule has 4 nitrogen and oxygen atoms in total. The van der Waals surface area contributed by atoms with E-state index in [1.807, 2.05) is 5.32 Å². The molecule has 1 N–H and O–H groups in total. The summed E-state index contributed by atoms with van der Waals surface area (Å²) in [5.41, 5.74) is -0.280. The van der Waals surface area contributed by atoms with E-state index in [2.05, 4.69) is 0 Å². The molecule has 0 aromatic heterocycles. The molecule has 0 bridgehead atoms. The average Bonchev–Trinajstić information content (AvgIpc) is 2.26. The van der Waals surface area contributed by atoms with E-state index < -0.39 is 29.5 Å². The zero-order valence-corrected chi connectivity index (χ0v) is 9.29. The number of anilines is 1. The fraction of sp³-hybridized carbons (Fsp3) is 0.400. The quantitative estimate of drug-likeness (QED) is 0.505. The maximum absolute atomic E-state index is 12.7. The SMILES string of the molecule is Cc1cccc([N+](=O)[O-])c1NCC(F)(F)C(F)F. The van der Waals surface area contributed by atoms with Gasteiger partial charge in [-0.1, -0.05) is 12.1 Å². The average molecular weight is 266 g/mol. The predicted molar refractivity (Wildman–Crippen MR) is 57.3 cm³/mol. The second-order valence-electron chi connectivity index (χ2n) is 3.64. The zero-order chi connectivity index (χ0) is 13.9. The number of rotatable bonds is 5. The maximum atomic E-state index is 12.7. The number of para-hydroxylation sites is 1. The van der Waals surface area contributed by atoms with Crippen molar-refractivity contribution in [2.45, 2.75) is 19.3 Å². The van der Waals surface area contributed by atoms with Crippen molar-refractivity contribution < 1.29 is 22.5 Å². The van der Waals surface area contributed by atoms with Crippen LogP contribution in [0.3, 0.4) is 0 Å². The van der Waals surface area contributed by atoms with Crippen LogP contribution < -0.4 is 5.32 Å². The van der Waals surface area contributed by atoms with Gasteiger partial charge < -0.3 is 5.32 Å². The molecule has 0 unspecified atom stereocenters. The van der Waals surface area contributed by atoms with Gasteiger partial charge in [-0.05, 0) is 12.5 Å².